The zero-order valence-electron chi connectivity index (χ0n) is 10.2. The molecule has 0 amide bonds. The first kappa shape index (κ1) is 13.2. The maximum absolute atomic E-state index is 8.63. The third-order valence-electron chi connectivity index (χ3n) is 2.88. The van der Waals surface area contributed by atoms with Gasteiger partial charge in [-0.15, -0.1) is 0 Å². The molecule has 0 aliphatic rings. The Hall–Kier alpha value is -0.860. The molecule has 1 aromatic rings. The predicted octanol–water partition coefficient (Wildman–Crippen LogP) is 2.54. The highest BCUT2D eigenvalue weighted by Crippen LogP contribution is 2.17. The smallest absolute Gasteiger partial charge is 0.0431 e. The molecule has 2 N–H and O–H groups in total. The number of nitrogens with one attached hydrogen (secondary N) is 1. The maximum atomic E-state index is 8.63. The number of benzene rings is 1. The zero-order valence-corrected chi connectivity index (χ0v) is 10.2. The van der Waals surface area contributed by atoms with Crippen LogP contribution in [0.2, 0.25) is 0 Å². The highest BCUT2D eigenvalue weighted by atomic mass is 16.2. The Morgan fingerprint density at radius 2 is 1.88 bits per heavy atom. The second kappa shape index (κ2) is 8.31. The largest absolute Gasteiger partial charge is 0.396 e. The topological polar surface area (TPSA) is 32.3 Å². The van der Waals surface area contributed by atoms with Gasteiger partial charge < -0.3 is 10.4 Å². The van der Waals surface area contributed by atoms with E-state index >= 15 is 0 Å². The van der Waals surface area contributed by atoms with Crippen LogP contribution in [0.4, 0.5) is 0 Å². The van der Waals surface area contributed by atoms with E-state index in [1.54, 1.807) is 0 Å². The molecule has 0 aliphatic heterocycles. The maximum Gasteiger partial charge on any atom is 0.0431 e. The number of aliphatic hydroxyl groups is 1. The second-order valence-corrected chi connectivity index (χ2v) is 4.28. The van der Waals surface area contributed by atoms with E-state index < -0.39 is 0 Å². The van der Waals surface area contributed by atoms with E-state index in [0.717, 1.165) is 25.9 Å². The fraction of sp³-hybridized carbons (Fsp3) is 0.571. The minimum atomic E-state index is 0.308. The number of hydrogen-bond acceptors (Lipinski definition) is 2. The summed E-state index contributed by atoms with van der Waals surface area (Å²) in [7, 11) is 0. The number of hydrogen-bond donors (Lipinski definition) is 2. The van der Waals surface area contributed by atoms with Crippen LogP contribution in [-0.4, -0.2) is 24.8 Å². The van der Waals surface area contributed by atoms with Crippen molar-refractivity contribution in [3.63, 3.8) is 0 Å². The average molecular weight is 221 g/mol. The van der Waals surface area contributed by atoms with Gasteiger partial charge in [-0.05, 0) is 43.8 Å². The van der Waals surface area contributed by atoms with Crippen molar-refractivity contribution in [1.82, 2.24) is 5.32 Å². The van der Waals surface area contributed by atoms with Crippen LogP contribution in [0.5, 0.6) is 0 Å². The highest BCUT2D eigenvalue weighted by Gasteiger charge is 2.03. The highest BCUT2D eigenvalue weighted by molar-refractivity contribution is 5.18. The van der Waals surface area contributed by atoms with Crippen LogP contribution in [0.15, 0.2) is 30.3 Å². The molecule has 16 heavy (non-hydrogen) atoms. The molecule has 0 saturated heterocycles. The van der Waals surface area contributed by atoms with Crippen LogP contribution in [-0.2, 0) is 0 Å². The fourth-order valence-corrected chi connectivity index (χ4v) is 1.75. The van der Waals surface area contributed by atoms with E-state index in [0.29, 0.717) is 12.5 Å². The Labute approximate surface area is 98.7 Å². The SMILES string of the molecule is CC(CCNCCCCO)c1ccccc1. The molecule has 2 heteroatoms. The Kier molecular flexibility index (Phi) is 6.86. The Morgan fingerprint density at radius 1 is 1.12 bits per heavy atom. The molecule has 0 aliphatic carbocycles. The molecule has 1 rings (SSSR count). The molecule has 0 saturated carbocycles. The van der Waals surface area contributed by atoms with E-state index in [1.165, 1.54) is 12.0 Å². The van der Waals surface area contributed by atoms with E-state index in [2.05, 4.69) is 42.6 Å². The Bertz CT molecular complexity index is 261. The Morgan fingerprint density at radius 3 is 2.56 bits per heavy atom. The summed E-state index contributed by atoms with van der Waals surface area (Å²) in [4.78, 5) is 0. The lowest BCUT2D eigenvalue weighted by Gasteiger charge is -2.12. The van der Waals surface area contributed by atoms with Crippen molar-refractivity contribution < 1.29 is 5.11 Å². The molecule has 0 fully saturated rings. The van der Waals surface area contributed by atoms with Crippen LogP contribution in [0, 0.1) is 0 Å². The molecule has 0 heterocycles. The molecular formula is C14H23NO. The fourth-order valence-electron chi connectivity index (χ4n) is 1.75. The molecule has 0 spiro atoms. The molecular weight excluding hydrogens is 198 g/mol. The van der Waals surface area contributed by atoms with Gasteiger partial charge in [0, 0.05) is 6.61 Å². The van der Waals surface area contributed by atoms with Crippen molar-refractivity contribution in [2.24, 2.45) is 0 Å². The number of rotatable bonds is 8. The first-order valence-electron chi connectivity index (χ1n) is 6.21. The van der Waals surface area contributed by atoms with Crippen molar-refractivity contribution in [3.05, 3.63) is 35.9 Å². The molecule has 90 valence electrons. The van der Waals surface area contributed by atoms with Gasteiger partial charge in [-0.3, -0.25) is 0 Å². The van der Waals surface area contributed by atoms with Crippen molar-refractivity contribution in [1.29, 1.82) is 0 Å². The van der Waals surface area contributed by atoms with Gasteiger partial charge in [0.2, 0.25) is 0 Å². The number of unbranched alkanes of at least 4 members (excludes halogenated alkanes) is 1. The summed E-state index contributed by atoms with van der Waals surface area (Å²) in [6, 6.07) is 10.6. The first-order chi connectivity index (χ1) is 7.84. The zero-order chi connectivity index (χ0) is 11.6. The summed E-state index contributed by atoms with van der Waals surface area (Å²) < 4.78 is 0. The van der Waals surface area contributed by atoms with Gasteiger partial charge in [0.1, 0.15) is 0 Å². The van der Waals surface area contributed by atoms with Crippen LogP contribution in [0.25, 0.3) is 0 Å². The molecule has 1 atom stereocenters. The van der Waals surface area contributed by atoms with Crippen molar-refractivity contribution in [2.45, 2.75) is 32.1 Å². The molecule has 2 nitrogen and oxygen atoms in total. The Balaban J connectivity index is 2.09. The van der Waals surface area contributed by atoms with Crippen molar-refractivity contribution in [2.75, 3.05) is 19.7 Å². The molecule has 0 bridgehead atoms. The van der Waals surface area contributed by atoms with E-state index in [1.807, 2.05) is 0 Å². The van der Waals surface area contributed by atoms with Gasteiger partial charge in [0.05, 0.1) is 0 Å². The van der Waals surface area contributed by atoms with Crippen LogP contribution < -0.4 is 5.32 Å². The summed E-state index contributed by atoms with van der Waals surface area (Å²) >= 11 is 0. The van der Waals surface area contributed by atoms with Gasteiger partial charge in [0.15, 0.2) is 0 Å². The molecule has 1 unspecified atom stereocenters. The molecule has 0 radical (unpaired) electrons. The molecule has 0 aromatic heterocycles. The van der Waals surface area contributed by atoms with Gasteiger partial charge >= 0.3 is 0 Å². The van der Waals surface area contributed by atoms with Gasteiger partial charge in [-0.1, -0.05) is 37.3 Å². The minimum absolute atomic E-state index is 0.308. The van der Waals surface area contributed by atoms with Crippen molar-refractivity contribution >= 4 is 0 Å². The quantitative estimate of drug-likeness (QED) is 0.661. The van der Waals surface area contributed by atoms with Crippen LogP contribution >= 0.6 is 0 Å². The van der Waals surface area contributed by atoms with E-state index in [9.17, 15) is 0 Å². The van der Waals surface area contributed by atoms with Gasteiger partial charge in [-0.25, -0.2) is 0 Å². The van der Waals surface area contributed by atoms with Gasteiger partial charge in [-0.2, -0.15) is 0 Å². The monoisotopic (exact) mass is 221 g/mol. The van der Waals surface area contributed by atoms with E-state index in [4.69, 9.17) is 5.11 Å². The lowest BCUT2D eigenvalue weighted by molar-refractivity contribution is 0.283. The van der Waals surface area contributed by atoms with Crippen molar-refractivity contribution in [3.8, 4) is 0 Å². The van der Waals surface area contributed by atoms with Crippen LogP contribution in [0.1, 0.15) is 37.7 Å². The minimum Gasteiger partial charge on any atom is -0.396 e. The third kappa shape index (κ3) is 5.29. The third-order valence-corrected chi connectivity index (χ3v) is 2.88. The number of aliphatic hydroxyl groups excluding tert-OH is 1. The predicted molar refractivity (Wildman–Crippen MR) is 68.7 cm³/mol. The van der Waals surface area contributed by atoms with Gasteiger partial charge in [0.25, 0.3) is 0 Å². The summed E-state index contributed by atoms with van der Waals surface area (Å²) in [6.07, 6.45) is 3.14. The second-order valence-electron chi connectivity index (χ2n) is 4.28. The standard InChI is InChI=1S/C14H23NO/c1-13(14-7-3-2-4-8-14)9-11-15-10-5-6-12-16/h2-4,7-8,13,15-16H,5-6,9-12H2,1H3. The summed E-state index contributed by atoms with van der Waals surface area (Å²) in [5.41, 5.74) is 1.42. The summed E-state index contributed by atoms with van der Waals surface area (Å²) in [6.45, 7) is 4.65. The lowest BCUT2D eigenvalue weighted by Crippen LogP contribution is -2.18. The summed E-state index contributed by atoms with van der Waals surface area (Å²) in [5, 5.41) is 12.0. The normalized spacial score (nSPS) is 12.6. The van der Waals surface area contributed by atoms with Crippen LogP contribution in [0.3, 0.4) is 0 Å². The van der Waals surface area contributed by atoms with E-state index in [-0.39, 0.29) is 0 Å². The lowest BCUT2D eigenvalue weighted by atomic mass is 9.98. The first-order valence-corrected chi connectivity index (χ1v) is 6.21. The molecule has 1 aromatic carbocycles. The summed E-state index contributed by atoms with van der Waals surface area (Å²) in [5.74, 6) is 0.617. The average Bonchev–Trinajstić information content (AvgIpc) is 2.34.